The molecule has 0 fully saturated rings. The monoisotopic (exact) mass is 733 g/mol. The van der Waals surface area contributed by atoms with Gasteiger partial charge in [-0.3, -0.25) is 14.4 Å². The van der Waals surface area contributed by atoms with Gasteiger partial charge >= 0.3 is 12.1 Å². The fraction of sp³-hybridized carbons (Fsp3) is 0.425. The van der Waals surface area contributed by atoms with Crippen molar-refractivity contribution in [1.29, 1.82) is 0 Å². The molecule has 0 spiro atoms. The van der Waals surface area contributed by atoms with Gasteiger partial charge in [0.15, 0.2) is 0 Å². The van der Waals surface area contributed by atoms with E-state index in [9.17, 15) is 29.1 Å². The Hall–Kier alpha value is -4.84. The second-order valence-electron chi connectivity index (χ2n) is 14.1. The van der Waals surface area contributed by atoms with Gasteiger partial charge in [-0.25, -0.2) is 9.59 Å². The summed E-state index contributed by atoms with van der Waals surface area (Å²) in [6.45, 7) is 11.5. The SMILES string of the molecule is Cc1ccc(CNC(=O)Cc2ccc(COC(=O)C(CC(C)C)NC(=O)CCSC(=O)C(Cc3ccc(O)cc3)NC(=O)OC(C)(C)C)cc2)cc1. The number of aromatic hydroxyl groups is 1. The molecular weight excluding hydrogens is 683 g/mol. The van der Waals surface area contributed by atoms with Gasteiger partial charge in [-0.2, -0.15) is 0 Å². The average molecular weight is 734 g/mol. The summed E-state index contributed by atoms with van der Waals surface area (Å²) in [4.78, 5) is 64.0. The van der Waals surface area contributed by atoms with Crippen LogP contribution in [0.25, 0.3) is 0 Å². The van der Waals surface area contributed by atoms with E-state index in [-0.39, 0.29) is 54.3 Å². The van der Waals surface area contributed by atoms with Gasteiger partial charge < -0.3 is 30.5 Å². The van der Waals surface area contributed by atoms with Crippen LogP contribution in [0.4, 0.5) is 4.79 Å². The van der Waals surface area contributed by atoms with E-state index in [1.54, 1.807) is 45.0 Å². The summed E-state index contributed by atoms with van der Waals surface area (Å²) in [5.41, 5.74) is 3.70. The smallest absolute Gasteiger partial charge is 0.408 e. The van der Waals surface area contributed by atoms with Gasteiger partial charge in [-0.1, -0.05) is 91.8 Å². The molecule has 2 unspecified atom stereocenters. The number of carbonyl (C=O) groups is 5. The number of thioether (sulfide) groups is 1. The van der Waals surface area contributed by atoms with Gasteiger partial charge in [-0.05, 0) is 74.4 Å². The number of phenols is 1. The van der Waals surface area contributed by atoms with Crippen LogP contribution in [0.3, 0.4) is 0 Å². The van der Waals surface area contributed by atoms with E-state index in [4.69, 9.17) is 9.47 Å². The number of aryl methyl sites for hydroxylation is 1. The zero-order valence-electron chi connectivity index (χ0n) is 30.8. The number of phenolic OH excluding ortho intramolecular Hbond substituents is 1. The van der Waals surface area contributed by atoms with Crippen LogP contribution in [0.5, 0.6) is 5.75 Å². The molecule has 0 aromatic heterocycles. The maximum Gasteiger partial charge on any atom is 0.408 e. The molecule has 280 valence electrons. The van der Waals surface area contributed by atoms with Crippen molar-refractivity contribution in [2.75, 3.05) is 5.75 Å². The lowest BCUT2D eigenvalue weighted by Gasteiger charge is -2.23. The summed E-state index contributed by atoms with van der Waals surface area (Å²) >= 11 is 0.898. The van der Waals surface area contributed by atoms with Crippen molar-refractivity contribution in [1.82, 2.24) is 16.0 Å². The zero-order chi connectivity index (χ0) is 38.3. The summed E-state index contributed by atoms with van der Waals surface area (Å²) in [5, 5.41) is 17.5. The Morgan fingerprint density at radius 1 is 0.769 bits per heavy atom. The molecular formula is C40H51N3O8S. The van der Waals surface area contributed by atoms with Crippen molar-refractivity contribution in [2.24, 2.45) is 5.92 Å². The minimum absolute atomic E-state index is 0.000616. The molecule has 11 nitrogen and oxygen atoms in total. The van der Waals surface area contributed by atoms with Crippen LogP contribution in [0, 0.1) is 12.8 Å². The van der Waals surface area contributed by atoms with Gasteiger partial charge in [0.1, 0.15) is 30.0 Å². The Bertz CT molecular complexity index is 1640. The van der Waals surface area contributed by atoms with E-state index in [0.29, 0.717) is 18.5 Å². The van der Waals surface area contributed by atoms with Crippen LogP contribution in [-0.4, -0.2) is 57.5 Å². The van der Waals surface area contributed by atoms with Gasteiger partial charge in [0.05, 0.1) is 6.42 Å². The quantitative estimate of drug-likeness (QED) is 0.124. The Morgan fingerprint density at radius 3 is 1.98 bits per heavy atom. The summed E-state index contributed by atoms with van der Waals surface area (Å²) in [5.74, 6) is -0.796. The first kappa shape index (κ1) is 41.6. The van der Waals surface area contributed by atoms with Crippen LogP contribution in [0.1, 0.15) is 75.3 Å². The first-order valence-corrected chi connectivity index (χ1v) is 18.3. The number of hydrogen-bond acceptors (Lipinski definition) is 9. The number of hydrogen-bond donors (Lipinski definition) is 4. The number of esters is 1. The third-order valence-corrected chi connectivity index (χ3v) is 8.61. The van der Waals surface area contributed by atoms with Crippen LogP contribution < -0.4 is 16.0 Å². The predicted molar refractivity (Wildman–Crippen MR) is 201 cm³/mol. The van der Waals surface area contributed by atoms with E-state index in [0.717, 1.165) is 34.0 Å². The second-order valence-corrected chi connectivity index (χ2v) is 15.2. The minimum Gasteiger partial charge on any atom is -0.508 e. The van der Waals surface area contributed by atoms with Gasteiger partial charge in [0.25, 0.3) is 0 Å². The highest BCUT2D eigenvalue weighted by Crippen LogP contribution is 2.17. The first-order valence-electron chi connectivity index (χ1n) is 17.4. The minimum atomic E-state index is -0.939. The number of nitrogens with one attached hydrogen (secondary N) is 3. The predicted octanol–water partition coefficient (Wildman–Crippen LogP) is 5.92. The molecule has 4 N–H and O–H groups in total. The lowest BCUT2D eigenvalue weighted by molar-refractivity contribution is -0.149. The average Bonchev–Trinajstić information content (AvgIpc) is 3.07. The lowest BCUT2D eigenvalue weighted by atomic mass is 10.0. The van der Waals surface area contributed by atoms with Crippen LogP contribution in [0.15, 0.2) is 72.8 Å². The van der Waals surface area contributed by atoms with E-state index in [1.807, 2.05) is 57.2 Å². The van der Waals surface area contributed by atoms with Crippen molar-refractivity contribution in [2.45, 2.75) is 98.1 Å². The molecule has 0 bridgehead atoms. The Morgan fingerprint density at radius 2 is 1.37 bits per heavy atom. The van der Waals surface area contributed by atoms with Crippen molar-refractivity contribution >= 4 is 40.8 Å². The number of rotatable bonds is 17. The van der Waals surface area contributed by atoms with Crippen LogP contribution in [0.2, 0.25) is 0 Å². The fourth-order valence-electron chi connectivity index (χ4n) is 4.97. The molecule has 0 aliphatic rings. The maximum atomic E-state index is 13.2. The summed E-state index contributed by atoms with van der Waals surface area (Å²) in [6, 6.07) is 19.7. The van der Waals surface area contributed by atoms with Gasteiger partial charge in [0, 0.05) is 25.1 Å². The molecule has 0 aliphatic heterocycles. The molecule has 0 saturated carbocycles. The highest BCUT2D eigenvalue weighted by Gasteiger charge is 2.27. The molecule has 0 radical (unpaired) electrons. The molecule has 3 aromatic rings. The van der Waals surface area contributed by atoms with Crippen molar-refractivity contribution in [3.63, 3.8) is 0 Å². The largest absolute Gasteiger partial charge is 0.508 e. The summed E-state index contributed by atoms with van der Waals surface area (Å²) in [6.07, 6.45) is -0.0475. The maximum absolute atomic E-state index is 13.2. The normalized spacial score (nSPS) is 12.4. The van der Waals surface area contributed by atoms with Crippen molar-refractivity contribution in [3.8, 4) is 5.75 Å². The second kappa shape index (κ2) is 20.3. The van der Waals surface area contributed by atoms with E-state index < -0.39 is 35.7 Å². The van der Waals surface area contributed by atoms with Gasteiger partial charge in [-0.15, -0.1) is 0 Å². The molecule has 2 atom stereocenters. The molecule has 0 saturated heterocycles. The molecule has 3 aromatic carbocycles. The number of alkyl carbamates (subject to hydrolysis) is 1. The number of ether oxygens (including phenoxy) is 2. The third kappa shape index (κ3) is 16.0. The Balaban J connectivity index is 1.48. The number of amides is 3. The molecule has 0 heterocycles. The topological polar surface area (TPSA) is 160 Å². The van der Waals surface area contributed by atoms with Crippen LogP contribution >= 0.6 is 11.8 Å². The molecule has 3 rings (SSSR count). The summed E-state index contributed by atoms with van der Waals surface area (Å²) in [7, 11) is 0. The zero-order valence-corrected chi connectivity index (χ0v) is 31.6. The molecule has 12 heteroatoms. The molecule has 0 aliphatic carbocycles. The van der Waals surface area contributed by atoms with Crippen LogP contribution in [-0.2, 0) is 54.6 Å². The standard InChI is InChI=1S/C40H51N3O8S/c1-26(2)21-33(37(47)50-25-31-13-11-29(12-14-31)23-36(46)41-24-30-9-7-27(3)8-10-30)42-35(45)19-20-52-38(48)34(43-39(49)51-40(4,5)6)22-28-15-17-32(44)18-16-28/h7-18,26,33-34,44H,19-25H2,1-6H3,(H,41,46)(H,42,45)(H,43,49). The highest BCUT2D eigenvalue weighted by molar-refractivity contribution is 8.13. The third-order valence-electron chi connectivity index (χ3n) is 7.63. The van der Waals surface area contributed by atoms with E-state index in [2.05, 4.69) is 16.0 Å². The number of carbonyl (C=O) groups excluding carboxylic acids is 5. The Labute approximate surface area is 310 Å². The van der Waals surface area contributed by atoms with E-state index in [1.165, 1.54) is 12.1 Å². The first-order chi connectivity index (χ1) is 24.6. The Kier molecular flexibility index (Phi) is 16.2. The van der Waals surface area contributed by atoms with Gasteiger partial charge in [0.2, 0.25) is 16.9 Å². The van der Waals surface area contributed by atoms with Crippen molar-refractivity contribution in [3.05, 3.63) is 101 Å². The molecule has 52 heavy (non-hydrogen) atoms. The lowest BCUT2D eigenvalue weighted by Crippen LogP contribution is -2.44. The highest BCUT2D eigenvalue weighted by atomic mass is 32.2. The molecule has 3 amide bonds. The van der Waals surface area contributed by atoms with E-state index >= 15 is 0 Å². The number of benzene rings is 3. The van der Waals surface area contributed by atoms with Crippen molar-refractivity contribution < 1.29 is 38.6 Å². The fourth-order valence-corrected chi connectivity index (χ4v) is 5.80. The summed E-state index contributed by atoms with van der Waals surface area (Å²) < 4.78 is 10.9.